The molecular weight excluding hydrogens is 328 g/mol. The molecule has 0 saturated carbocycles. The second-order valence-corrected chi connectivity index (χ2v) is 8.19. The largest absolute Gasteiger partial charge is 0.375 e. The van der Waals surface area contributed by atoms with Crippen LogP contribution in [-0.4, -0.2) is 46.2 Å². The highest BCUT2D eigenvalue weighted by molar-refractivity contribution is 7.89. The van der Waals surface area contributed by atoms with Crippen molar-refractivity contribution in [3.63, 3.8) is 0 Å². The van der Waals surface area contributed by atoms with Gasteiger partial charge < -0.3 is 9.30 Å². The Balaban J connectivity index is 1.68. The molecule has 3 rings (SSSR count). The average Bonchev–Trinajstić information content (AvgIpc) is 2.94. The number of hydrogen-bond acceptors (Lipinski definition) is 5. The standard InChI is InChI=1S/C16H22N4O3S/c1-2-24(21,22)20-9-14(8-19-13-17-7-16(19)10-20)11-23-12-15-5-3-4-6-18-15/h3-7,13-14H,2,8-12H2,1H3. The Labute approximate surface area is 142 Å². The molecule has 24 heavy (non-hydrogen) atoms. The van der Waals surface area contributed by atoms with Gasteiger partial charge in [0.25, 0.3) is 0 Å². The van der Waals surface area contributed by atoms with E-state index < -0.39 is 10.0 Å². The van der Waals surface area contributed by atoms with Gasteiger partial charge in [-0.15, -0.1) is 0 Å². The second kappa shape index (κ2) is 7.42. The Bertz CT molecular complexity index is 761. The minimum atomic E-state index is -3.25. The first-order valence-electron chi connectivity index (χ1n) is 8.03. The molecular formula is C16H22N4O3S. The predicted molar refractivity (Wildman–Crippen MR) is 89.5 cm³/mol. The zero-order valence-corrected chi connectivity index (χ0v) is 14.5. The van der Waals surface area contributed by atoms with E-state index in [1.165, 1.54) is 0 Å². The van der Waals surface area contributed by atoms with Gasteiger partial charge in [-0.25, -0.2) is 13.4 Å². The van der Waals surface area contributed by atoms with E-state index in [0.717, 1.165) is 11.4 Å². The van der Waals surface area contributed by atoms with Crippen LogP contribution in [0.4, 0.5) is 0 Å². The van der Waals surface area contributed by atoms with Crippen molar-refractivity contribution >= 4 is 10.0 Å². The fraction of sp³-hybridized carbons (Fsp3) is 0.500. The normalized spacial score (nSPS) is 19.0. The highest BCUT2D eigenvalue weighted by Gasteiger charge is 2.28. The molecule has 0 bridgehead atoms. The molecule has 3 heterocycles. The van der Waals surface area contributed by atoms with E-state index in [0.29, 0.717) is 32.8 Å². The summed E-state index contributed by atoms with van der Waals surface area (Å²) in [5.41, 5.74) is 1.78. The van der Waals surface area contributed by atoms with Crippen LogP contribution in [0.5, 0.6) is 0 Å². The summed E-state index contributed by atoms with van der Waals surface area (Å²) in [5, 5.41) is 0. The lowest BCUT2D eigenvalue weighted by Crippen LogP contribution is -2.36. The first kappa shape index (κ1) is 17.1. The van der Waals surface area contributed by atoms with Crippen molar-refractivity contribution in [2.75, 3.05) is 18.9 Å². The Morgan fingerprint density at radius 3 is 2.96 bits per heavy atom. The molecule has 130 valence electrons. The smallest absolute Gasteiger partial charge is 0.214 e. The number of nitrogens with zero attached hydrogens (tertiary/aromatic N) is 4. The van der Waals surface area contributed by atoms with Crippen LogP contribution < -0.4 is 0 Å². The minimum Gasteiger partial charge on any atom is -0.375 e. The number of hydrogen-bond donors (Lipinski definition) is 0. The third-order valence-corrected chi connectivity index (χ3v) is 5.94. The van der Waals surface area contributed by atoms with Gasteiger partial charge in [0.15, 0.2) is 0 Å². The monoisotopic (exact) mass is 350 g/mol. The van der Waals surface area contributed by atoms with Gasteiger partial charge >= 0.3 is 0 Å². The zero-order valence-electron chi connectivity index (χ0n) is 13.7. The summed E-state index contributed by atoms with van der Waals surface area (Å²) in [6.45, 7) is 4.10. The molecule has 1 atom stereocenters. The van der Waals surface area contributed by atoms with Crippen molar-refractivity contribution < 1.29 is 13.2 Å². The average molecular weight is 350 g/mol. The van der Waals surface area contributed by atoms with Crippen molar-refractivity contribution in [3.8, 4) is 0 Å². The Kier molecular flexibility index (Phi) is 5.27. The summed E-state index contributed by atoms with van der Waals surface area (Å²) in [5.74, 6) is 0.174. The van der Waals surface area contributed by atoms with Gasteiger partial charge in [0.1, 0.15) is 0 Å². The fourth-order valence-corrected chi connectivity index (χ4v) is 3.96. The molecule has 1 unspecified atom stereocenters. The van der Waals surface area contributed by atoms with E-state index >= 15 is 0 Å². The Morgan fingerprint density at radius 1 is 1.33 bits per heavy atom. The number of pyridine rings is 1. The van der Waals surface area contributed by atoms with E-state index in [1.54, 1.807) is 29.9 Å². The maximum atomic E-state index is 12.3. The highest BCUT2D eigenvalue weighted by atomic mass is 32.2. The fourth-order valence-electron chi connectivity index (χ4n) is 2.83. The minimum absolute atomic E-state index is 0.0745. The molecule has 1 aliphatic rings. The van der Waals surface area contributed by atoms with Crippen LogP contribution >= 0.6 is 0 Å². The molecule has 0 saturated heterocycles. The lowest BCUT2D eigenvalue weighted by molar-refractivity contribution is 0.0746. The van der Waals surface area contributed by atoms with Crippen LogP contribution in [0.1, 0.15) is 18.3 Å². The summed E-state index contributed by atoms with van der Waals surface area (Å²) in [6.07, 6.45) is 5.22. The van der Waals surface area contributed by atoms with Crippen LogP contribution in [0.2, 0.25) is 0 Å². The van der Waals surface area contributed by atoms with Gasteiger partial charge in [-0.2, -0.15) is 4.31 Å². The highest BCUT2D eigenvalue weighted by Crippen LogP contribution is 2.19. The van der Waals surface area contributed by atoms with Crippen LogP contribution in [-0.2, 0) is 34.5 Å². The molecule has 1 aliphatic heterocycles. The summed E-state index contributed by atoms with van der Waals surface area (Å²) in [7, 11) is -3.25. The van der Waals surface area contributed by atoms with Crippen LogP contribution in [0.25, 0.3) is 0 Å². The van der Waals surface area contributed by atoms with E-state index in [-0.39, 0.29) is 11.7 Å². The SMILES string of the molecule is CCS(=O)(=O)N1Cc2cncn2CC(COCc2ccccn2)C1. The molecule has 0 N–H and O–H groups in total. The first-order valence-corrected chi connectivity index (χ1v) is 9.64. The topological polar surface area (TPSA) is 77.3 Å². The summed E-state index contributed by atoms with van der Waals surface area (Å²) >= 11 is 0. The number of aromatic nitrogens is 3. The van der Waals surface area contributed by atoms with E-state index in [1.807, 2.05) is 22.8 Å². The first-order chi connectivity index (χ1) is 11.6. The maximum Gasteiger partial charge on any atom is 0.214 e. The molecule has 0 fully saturated rings. The molecule has 0 amide bonds. The molecule has 0 aromatic carbocycles. The van der Waals surface area contributed by atoms with Gasteiger partial charge in [0.2, 0.25) is 10.0 Å². The third-order valence-electron chi connectivity index (χ3n) is 4.14. The van der Waals surface area contributed by atoms with E-state index in [2.05, 4.69) is 9.97 Å². The van der Waals surface area contributed by atoms with Gasteiger partial charge in [-0.3, -0.25) is 4.98 Å². The zero-order chi connectivity index (χ0) is 17.0. The molecule has 2 aromatic rings. The summed E-state index contributed by atoms with van der Waals surface area (Å²) in [4.78, 5) is 8.37. The number of ether oxygens (including phenoxy) is 1. The molecule has 8 heteroatoms. The van der Waals surface area contributed by atoms with Crippen LogP contribution in [0.3, 0.4) is 0 Å². The number of sulfonamides is 1. The molecule has 0 spiro atoms. The lowest BCUT2D eigenvalue weighted by Gasteiger charge is -2.23. The van der Waals surface area contributed by atoms with Crippen molar-refractivity contribution in [3.05, 3.63) is 48.3 Å². The molecule has 7 nitrogen and oxygen atoms in total. The van der Waals surface area contributed by atoms with E-state index in [4.69, 9.17) is 4.74 Å². The van der Waals surface area contributed by atoms with Gasteiger partial charge in [-0.05, 0) is 19.1 Å². The molecule has 0 aliphatic carbocycles. The van der Waals surface area contributed by atoms with Crippen molar-refractivity contribution in [2.45, 2.75) is 26.6 Å². The van der Waals surface area contributed by atoms with Gasteiger partial charge in [0.05, 0.1) is 43.2 Å². The predicted octanol–water partition coefficient (Wildman–Crippen LogP) is 1.28. The van der Waals surface area contributed by atoms with Crippen molar-refractivity contribution in [1.82, 2.24) is 18.8 Å². The second-order valence-electron chi connectivity index (χ2n) is 5.93. The summed E-state index contributed by atoms with van der Waals surface area (Å²) in [6, 6.07) is 5.70. The van der Waals surface area contributed by atoms with Gasteiger partial charge in [-0.1, -0.05) is 6.07 Å². The number of imidazole rings is 1. The van der Waals surface area contributed by atoms with Crippen LogP contribution in [0, 0.1) is 5.92 Å². The van der Waals surface area contributed by atoms with Crippen LogP contribution in [0.15, 0.2) is 36.9 Å². The van der Waals surface area contributed by atoms with E-state index in [9.17, 15) is 8.42 Å². The third kappa shape index (κ3) is 4.00. The van der Waals surface area contributed by atoms with Gasteiger partial charge in [0, 0.05) is 31.4 Å². The number of fused-ring (bicyclic) bond motifs is 1. The Hall–Kier alpha value is -1.77. The van der Waals surface area contributed by atoms with Crippen molar-refractivity contribution in [1.29, 1.82) is 0 Å². The quantitative estimate of drug-likeness (QED) is 0.784. The molecule has 2 aromatic heterocycles. The Morgan fingerprint density at radius 2 is 2.21 bits per heavy atom. The number of rotatable bonds is 6. The van der Waals surface area contributed by atoms with Crippen molar-refractivity contribution in [2.24, 2.45) is 5.92 Å². The maximum absolute atomic E-state index is 12.3. The lowest BCUT2D eigenvalue weighted by atomic mass is 10.1. The summed E-state index contributed by atoms with van der Waals surface area (Å²) < 4.78 is 34.0. The molecule has 0 radical (unpaired) electrons.